The Labute approximate surface area is 126 Å². The highest BCUT2D eigenvalue weighted by Crippen LogP contribution is 2.53. The lowest BCUT2D eigenvalue weighted by atomic mass is 9.63. The van der Waals surface area contributed by atoms with Crippen LogP contribution in [0.25, 0.3) is 6.08 Å². The Bertz CT molecular complexity index is 1020. The molecule has 2 aromatic rings. The monoisotopic (exact) mass is 291 g/mol. The van der Waals surface area contributed by atoms with Gasteiger partial charge in [-0.05, 0) is 17.2 Å². The minimum atomic E-state index is -0.326. The number of hydrogen-bond donors (Lipinski definition) is 0. The molecule has 2 aliphatic rings. The Morgan fingerprint density at radius 3 is 2.64 bits per heavy atom. The van der Waals surface area contributed by atoms with Crippen LogP contribution < -0.4 is 11.2 Å². The van der Waals surface area contributed by atoms with Gasteiger partial charge in [0.05, 0.1) is 11.6 Å². The molecule has 0 spiro atoms. The molecule has 5 nitrogen and oxygen atoms in total. The fourth-order valence-electron chi connectivity index (χ4n) is 3.72. The van der Waals surface area contributed by atoms with Crippen LogP contribution in [0, 0.1) is 11.3 Å². The topological polar surface area (TPSA) is 67.8 Å². The zero-order chi connectivity index (χ0) is 15.6. The first-order valence-corrected chi connectivity index (χ1v) is 7.07. The van der Waals surface area contributed by atoms with Crippen LogP contribution in [0.5, 0.6) is 0 Å². The number of fused-ring (bicyclic) bond motifs is 6. The van der Waals surface area contributed by atoms with Gasteiger partial charge in [-0.25, -0.2) is 4.79 Å². The van der Waals surface area contributed by atoms with Crippen LogP contribution in [0.1, 0.15) is 39.8 Å². The first-order valence-electron chi connectivity index (χ1n) is 7.07. The Morgan fingerprint density at radius 2 is 1.91 bits per heavy atom. The van der Waals surface area contributed by atoms with Crippen LogP contribution in [-0.2, 0) is 14.1 Å². The van der Waals surface area contributed by atoms with E-state index in [1.807, 2.05) is 24.3 Å². The molecule has 4 rings (SSSR count). The third-order valence-corrected chi connectivity index (χ3v) is 4.79. The summed E-state index contributed by atoms with van der Waals surface area (Å²) in [4.78, 5) is 24.6. The van der Waals surface area contributed by atoms with Gasteiger partial charge in [0, 0.05) is 37.2 Å². The molecule has 0 bridgehead atoms. The van der Waals surface area contributed by atoms with Gasteiger partial charge in [-0.2, -0.15) is 5.26 Å². The van der Waals surface area contributed by atoms with Crippen molar-refractivity contribution in [2.45, 2.75) is 11.8 Å². The zero-order valence-electron chi connectivity index (χ0n) is 12.2. The van der Waals surface area contributed by atoms with Crippen molar-refractivity contribution in [1.29, 1.82) is 5.26 Å². The third kappa shape index (κ3) is 1.32. The van der Waals surface area contributed by atoms with Crippen molar-refractivity contribution in [3.05, 3.63) is 73.1 Å². The average molecular weight is 291 g/mol. The van der Waals surface area contributed by atoms with E-state index in [1.54, 1.807) is 13.1 Å². The van der Waals surface area contributed by atoms with Crippen molar-refractivity contribution in [3.63, 3.8) is 0 Å². The molecule has 2 atom stereocenters. The van der Waals surface area contributed by atoms with Crippen molar-refractivity contribution >= 4 is 6.08 Å². The molecule has 22 heavy (non-hydrogen) atoms. The van der Waals surface area contributed by atoms with Crippen molar-refractivity contribution < 1.29 is 0 Å². The van der Waals surface area contributed by atoms with Gasteiger partial charge in [0.15, 0.2) is 0 Å². The van der Waals surface area contributed by atoms with Crippen LogP contribution in [-0.4, -0.2) is 9.13 Å². The Kier molecular flexibility index (Phi) is 2.38. The molecule has 0 radical (unpaired) electrons. The van der Waals surface area contributed by atoms with Gasteiger partial charge in [-0.15, -0.1) is 0 Å². The predicted molar refractivity (Wildman–Crippen MR) is 81.7 cm³/mol. The van der Waals surface area contributed by atoms with E-state index >= 15 is 0 Å². The Hall–Kier alpha value is -2.87. The number of rotatable bonds is 0. The first kappa shape index (κ1) is 12.8. The quantitative estimate of drug-likeness (QED) is 0.732. The van der Waals surface area contributed by atoms with E-state index in [9.17, 15) is 14.9 Å². The van der Waals surface area contributed by atoms with Gasteiger partial charge < -0.3 is 0 Å². The molecule has 2 aliphatic carbocycles. The molecule has 5 heteroatoms. The lowest BCUT2D eigenvalue weighted by Crippen LogP contribution is -2.48. The summed E-state index contributed by atoms with van der Waals surface area (Å²) in [6, 6.07) is 7.82. The number of allylic oxidation sites excluding steroid dienone is 1. The molecule has 0 aliphatic heterocycles. The molecule has 0 N–H and O–H groups in total. The highest BCUT2D eigenvalue weighted by Gasteiger charge is 2.45. The Balaban J connectivity index is 2.09. The fraction of sp³-hybridized carbons (Fsp3) is 0.235. The smallest absolute Gasteiger partial charge is 0.300 e. The van der Waals surface area contributed by atoms with Crippen molar-refractivity contribution in [2.75, 3.05) is 0 Å². The molecule has 0 saturated carbocycles. The number of nitrogens with zero attached hydrogens (tertiary/aromatic N) is 3. The number of hydrogen-bond acceptors (Lipinski definition) is 3. The van der Waals surface area contributed by atoms with Gasteiger partial charge in [0.1, 0.15) is 0 Å². The minimum absolute atomic E-state index is 0.0532. The molecule has 1 aromatic carbocycles. The molecule has 0 amide bonds. The van der Waals surface area contributed by atoms with E-state index in [0.717, 1.165) is 21.4 Å². The summed E-state index contributed by atoms with van der Waals surface area (Å²) in [5, 5.41) is 9.38. The summed E-state index contributed by atoms with van der Waals surface area (Å²) >= 11 is 0. The largest absolute Gasteiger partial charge is 0.330 e. The second kappa shape index (κ2) is 4.08. The predicted octanol–water partition coefficient (Wildman–Crippen LogP) is 1.21. The lowest BCUT2D eigenvalue weighted by Gasteiger charge is -2.41. The molecule has 1 heterocycles. The normalized spacial score (nSPS) is 20.4. The zero-order valence-corrected chi connectivity index (χ0v) is 12.2. The van der Waals surface area contributed by atoms with Gasteiger partial charge in [0.2, 0.25) is 0 Å². The van der Waals surface area contributed by atoms with E-state index in [-0.39, 0.29) is 23.1 Å². The van der Waals surface area contributed by atoms with Crippen LogP contribution in [0.3, 0.4) is 0 Å². The molecule has 1 aromatic heterocycles. The number of benzene rings is 1. The first-order chi connectivity index (χ1) is 10.6. The van der Waals surface area contributed by atoms with Gasteiger partial charge in [0.25, 0.3) is 5.56 Å². The van der Waals surface area contributed by atoms with Crippen molar-refractivity contribution in [2.24, 2.45) is 14.1 Å². The molecular formula is C17H13N3O2. The molecular weight excluding hydrogens is 278 g/mol. The summed E-state index contributed by atoms with van der Waals surface area (Å²) < 4.78 is 2.68. The molecule has 0 saturated heterocycles. The fourth-order valence-corrected chi connectivity index (χ4v) is 3.72. The average Bonchev–Trinajstić information content (AvgIpc) is 2.51. The summed E-state index contributed by atoms with van der Waals surface area (Å²) in [6.45, 7) is 0. The maximum Gasteiger partial charge on any atom is 0.330 e. The summed E-state index contributed by atoms with van der Waals surface area (Å²) in [7, 11) is 3.18. The standard InChI is InChI=1S/C17H13N3O2/c1-19-15-13-11(14(15)16(21)20(2)17(19)22)7-6-9-4-3-5-10(8-18)12(9)13/h3-7,11,13H,1-2H3. The van der Waals surface area contributed by atoms with Crippen LogP contribution in [0.4, 0.5) is 0 Å². The molecule has 0 fully saturated rings. The van der Waals surface area contributed by atoms with E-state index in [2.05, 4.69) is 6.07 Å². The van der Waals surface area contributed by atoms with Gasteiger partial charge in [-0.1, -0.05) is 24.3 Å². The number of nitriles is 1. The summed E-state index contributed by atoms with van der Waals surface area (Å²) in [5.74, 6) is -0.139. The Morgan fingerprint density at radius 1 is 1.14 bits per heavy atom. The van der Waals surface area contributed by atoms with Gasteiger partial charge >= 0.3 is 5.69 Å². The minimum Gasteiger partial charge on any atom is -0.300 e. The SMILES string of the molecule is Cn1c2c(c(=O)n(C)c1=O)C1C=Cc3cccc(C#N)c3C21. The van der Waals surface area contributed by atoms with Crippen LogP contribution in [0.2, 0.25) is 0 Å². The molecule has 2 unspecified atom stereocenters. The maximum atomic E-state index is 12.4. The van der Waals surface area contributed by atoms with E-state index in [4.69, 9.17) is 0 Å². The van der Waals surface area contributed by atoms with E-state index in [1.165, 1.54) is 11.6 Å². The van der Waals surface area contributed by atoms with E-state index in [0.29, 0.717) is 11.1 Å². The van der Waals surface area contributed by atoms with Crippen LogP contribution >= 0.6 is 0 Å². The van der Waals surface area contributed by atoms with Crippen molar-refractivity contribution in [1.82, 2.24) is 9.13 Å². The number of aromatic nitrogens is 2. The highest BCUT2D eigenvalue weighted by atomic mass is 16.2. The second-order valence-electron chi connectivity index (χ2n) is 5.79. The third-order valence-electron chi connectivity index (χ3n) is 4.79. The second-order valence-corrected chi connectivity index (χ2v) is 5.79. The lowest BCUT2D eigenvalue weighted by molar-refractivity contribution is 0.499. The van der Waals surface area contributed by atoms with Crippen LogP contribution in [0.15, 0.2) is 33.9 Å². The molecule has 108 valence electrons. The highest BCUT2D eigenvalue weighted by molar-refractivity contribution is 5.70. The maximum absolute atomic E-state index is 12.4. The van der Waals surface area contributed by atoms with Crippen molar-refractivity contribution in [3.8, 4) is 6.07 Å². The van der Waals surface area contributed by atoms with E-state index < -0.39 is 0 Å². The van der Waals surface area contributed by atoms with Gasteiger partial charge in [-0.3, -0.25) is 13.9 Å². The summed E-state index contributed by atoms with van der Waals surface area (Å²) in [6.07, 6.45) is 3.97. The summed E-state index contributed by atoms with van der Waals surface area (Å²) in [5.41, 5.74) is 3.37.